The van der Waals surface area contributed by atoms with E-state index in [-0.39, 0.29) is 0 Å². The first-order valence-corrected chi connectivity index (χ1v) is 9.90. The molecular formula is C19H29N5. The van der Waals surface area contributed by atoms with Crippen molar-refractivity contribution in [3.05, 3.63) is 11.3 Å². The van der Waals surface area contributed by atoms with Gasteiger partial charge in [0.1, 0.15) is 5.82 Å². The average Bonchev–Trinajstić information content (AvgIpc) is 3.22. The van der Waals surface area contributed by atoms with Crippen LogP contribution in [0, 0.1) is 5.92 Å². The molecule has 2 saturated heterocycles. The van der Waals surface area contributed by atoms with E-state index in [0.717, 1.165) is 25.4 Å². The first-order chi connectivity index (χ1) is 11.8. The van der Waals surface area contributed by atoms with Gasteiger partial charge in [-0.15, -0.1) is 0 Å². The van der Waals surface area contributed by atoms with Gasteiger partial charge in [-0.3, -0.25) is 0 Å². The Morgan fingerprint density at radius 3 is 2.71 bits per heavy atom. The molecule has 2 aliphatic heterocycles. The number of nitrogens with zero attached hydrogens (tertiary/aromatic N) is 3. The summed E-state index contributed by atoms with van der Waals surface area (Å²) in [6.07, 6.45) is 11.6. The van der Waals surface area contributed by atoms with Crippen LogP contribution in [0.2, 0.25) is 0 Å². The summed E-state index contributed by atoms with van der Waals surface area (Å²) in [5, 5.41) is 3.71. The van der Waals surface area contributed by atoms with Crippen molar-refractivity contribution in [3.63, 3.8) is 0 Å². The Kier molecular flexibility index (Phi) is 3.47. The van der Waals surface area contributed by atoms with Crippen molar-refractivity contribution in [2.45, 2.75) is 69.2 Å². The van der Waals surface area contributed by atoms with Gasteiger partial charge in [0.15, 0.2) is 0 Å². The molecule has 0 radical (unpaired) electrons. The molecule has 1 saturated carbocycles. The zero-order valence-electron chi connectivity index (χ0n) is 14.6. The molecule has 0 unspecified atom stereocenters. The third kappa shape index (κ3) is 2.24. The lowest BCUT2D eigenvalue weighted by Gasteiger charge is -2.36. The molecule has 5 rings (SSSR count). The van der Waals surface area contributed by atoms with Crippen LogP contribution in [0.3, 0.4) is 0 Å². The molecule has 1 aromatic heterocycles. The van der Waals surface area contributed by atoms with Crippen LogP contribution in [0.5, 0.6) is 0 Å². The summed E-state index contributed by atoms with van der Waals surface area (Å²) in [6, 6.07) is 0.634. The topological polar surface area (TPSA) is 67.1 Å². The summed E-state index contributed by atoms with van der Waals surface area (Å²) >= 11 is 0. The van der Waals surface area contributed by atoms with E-state index in [9.17, 15) is 0 Å². The molecule has 2 aliphatic carbocycles. The number of hydrogen-bond acceptors (Lipinski definition) is 5. The van der Waals surface area contributed by atoms with Gasteiger partial charge < -0.3 is 16.0 Å². The van der Waals surface area contributed by atoms with Crippen molar-refractivity contribution < 1.29 is 0 Å². The van der Waals surface area contributed by atoms with Crippen molar-refractivity contribution in [1.82, 2.24) is 15.3 Å². The Hall–Kier alpha value is -1.36. The minimum Gasteiger partial charge on any atom is -0.368 e. The summed E-state index contributed by atoms with van der Waals surface area (Å²) in [5.74, 6) is 2.43. The van der Waals surface area contributed by atoms with Gasteiger partial charge in [-0.2, -0.15) is 4.98 Å². The van der Waals surface area contributed by atoms with Gasteiger partial charge >= 0.3 is 0 Å². The van der Waals surface area contributed by atoms with E-state index in [2.05, 4.69) is 10.2 Å². The molecular weight excluding hydrogens is 298 g/mol. The molecule has 1 aromatic rings. The largest absolute Gasteiger partial charge is 0.368 e. The van der Waals surface area contributed by atoms with Crippen LogP contribution in [0.1, 0.15) is 62.6 Å². The van der Waals surface area contributed by atoms with Gasteiger partial charge in [0, 0.05) is 30.1 Å². The maximum absolute atomic E-state index is 6.18. The van der Waals surface area contributed by atoms with Crippen LogP contribution >= 0.6 is 0 Å². The minimum absolute atomic E-state index is 0.310. The molecule has 4 aliphatic rings. The average molecular weight is 327 g/mol. The lowest BCUT2D eigenvalue weighted by Crippen LogP contribution is -2.40. The zero-order valence-corrected chi connectivity index (χ0v) is 14.6. The Morgan fingerprint density at radius 2 is 1.88 bits per heavy atom. The number of anilines is 2. The van der Waals surface area contributed by atoms with Crippen LogP contribution in [-0.2, 0) is 11.8 Å². The van der Waals surface area contributed by atoms with Crippen molar-refractivity contribution in [2.24, 2.45) is 5.92 Å². The van der Waals surface area contributed by atoms with E-state index in [1.807, 2.05) is 0 Å². The first-order valence-electron chi connectivity index (χ1n) is 9.90. The van der Waals surface area contributed by atoms with Gasteiger partial charge in [-0.25, -0.2) is 4.98 Å². The first kappa shape index (κ1) is 14.9. The highest BCUT2D eigenvalue weighted by Crippen LogP contribution is 2.50. The summed E-state index contributed by atoms with van der Waals surface area (Å²) in [6.45, 7) is 3.39. The third-order valence-corrected chi connectivity index (χ3v) is 7.05. The predicted octanol–water partition coefficient (Wildman–Crippen LogP) is 2.40. The second-order valence-electron chi connectivity index (χ2n) is 8.44. The molecule has 0 aromatic carbocycles. The highest BCUT2D eigenvalue weighted by Gasteiger charge is 2.43. The van der Waals surface area contributed by atoms with Crippen LogP contribution < -0.4 is 16.0 Å². The standard InChI is InChI=1S/C19H29N5/c20-18-22-16-14(6-3-9-19(16)7-1-2-8-19)17(23-18)24-11-13-5-4-10-21-15(13)12-24/h13,15,21H,1-12H2,(H2,20,22,23)/t13-,15+/m1/s1. The van der Waals surface area contributed by atoms with Gasteiger partial charge in [-0.05, 0) is 57.4 Å². The normalized spacial score (nSPS) is 31.2. The monoisotopic (exact) mass is 327 g/mol. The van der Waals surface area contributed by atoms with E-state index in [4.69, 9.17) is 15.7 Å². The molecule has 5 heteroatoms. The predicted molar refractivity (Wildman–Crippen MR) is 96.3 cm³/mol. The Morgan fingerprint density at radius 1 is 1.04 bits per heavy atom. The SMILES string of the molecule is Nc1nc(N2C[C@H]3CCCN[C@H]3C2)c2c(n1)C1(CCCC1)CCC2. The number of hydrogen-bond donors (Lipinski definition) is 2. The van der Waals surface area contributed by atoms with Gasteiger partial charge in [0.05, 0.1) is 5.69 Å². The van der Waals surface area contributed by atoms with E-state index in [0.29, 0.717) is 17.4 Å². The Bertz CT molecular complexity index is 623. The lowest BCUT2D eigenvalue weighted by atomic mass is 9.71. The van der Waals surface area contributed by atoms with Crippen LogP contribution in [0.15, 0.2) is 0 Å². The van der Waals surface area contributed by atoms with Crippen LogP contribution in [0.4, 0.5) is 11.8 Å². The number of aromatic nitrogens is 2. The molecule has 3 N–H and O–H groups in total. The van der Waals surface area contributed by atoms with Crippen LogP contribution in [-0.4, -0.2) is 35.6 Å². The van der Waals surface area contributed by atoms with Gasteiger partial charge in [-0.1, -0.05) is 12.8 Å². The van der Waals surface area contributed by atoms with Gasteiger partial charge in [0.2, 0.25) is 5.95 Å². The van der Waals surface area contributed by atoms with Gasteiger partial charge in [0.25, 0.3) is 0 Å². The number of nitrogens with two attached hydrogens (primary N) is 1. The molecule has 0 amide bonds. The fourth-order valence-corrected chi connectivity index (χ4v) is 5.90. The second-order valence-corrected chi connectivity index (χ2v) is 8.44. The molecule has 2 atom stereocenters. The number of nitrogen functional groups attached to an aromatic ring is 1. The van der Waals surface area contributed by atoms with E-state index < -0.39 is 0 Å². The summed E-state index contributed by atoms with van der Waals surface area (Å²) in [4.78, 5) is 12.1. The highest BCUT2D eigenvalue weighted by atomic mass is 15.3. The van der Waals surface area contributed by atoms with Crippen molar-refractivity contribution >= 4 is 11.8 Å². The number of rotatable bonds is 1. The maximum atomic E-state index is 6.18. The van der Waals surface area contributed by atoms with E-state index in [1.54, 1.807) is 0 Å². The van der Waals surface area contributed by atoms with Crippen molar-refractivity contribution in [1.29, 1.82) is 0 Å². The molecule has 0 bridgehead atoms. The number of nitrogens with one attached hydrogen (secondary N) is 1. The van der Waals surface area contributed by atoms with E-state index >= 15 is 0 Å². The summed E-state index contributed by atoms with van der Waals surface area (Å²) in [5.41, 5.74) is 9.24. The minimum atomic E-state index is 0.310. The fourth-order valence-electron chi connectivity index (χ4n) is 5.90. The Labute approximate surface area is 144 Å². The molecule has 5 nitrogen and oxygen atoms in total. The number of fused-ring (bicyclic) bond motifs is 3. The number of piperidine rings is 1. The Balaban J connectivity index is 1.54. The van der Waals surface area contributed by atoms with Crippen molar-refractivity contribution in [2.75, 3.05) is 30.3 Å². The lowest BCUT2D eigenvalue weighted by molar-refractivity contribution is 0.340. The molecule has 1 spiro atoms. The summed E-state index contributed by atoms with van der Waals surface area (Å²) in [7, 11) is 0. The highest BCUT2D eigenvalue weighted by molar-refractivity contribution is 5.56. The summed E-state index contributed by atoms with van der Waals surface area (Å²) < 4.78 is 0. The third-order valence-electron chi connectivity index (χ3n) is 7.05. The molecule has 24 heavy (non-hydrogen) atoms. The zero-order chi connectivity index (χ0) is 16.1. The fraction of sp³-hybridized carbons (Fsp3) is 0.789. The van der Waals surface area contributed by atoms with Crippen LogP contribution in [0.25, 0.3) is 0 Å². The molecule has 3 heterocycles. The quantitative estimate of drug-likeness (QED) is 0.829. The maximum Gasteiger partial charge on any atom is 0.222 e. The van der Waals surface area contributed by atoms with E-state index in [1.165, 1.54) is 75.0 Å². The molecule has 130 valence electrons. The molecule has 3 fully saturated rings. The van der Waals surface area contributed by atoms with Crippen molar-refractivity contribution in [3.8, 4) is 0 Å². The second kappa shape index (κ2) is 5.58. The smallest absolute Gasteiger partial charge is 0.222 e.